The van der Waals surface area contributed by atoms with E-state index in [0.717, 1.165) is 32.2 Å². The van der Waals surface area contributed by atoms with Crippen LogP contribution in [0.5, 0.6) is 0 Å². The molecular formula is C12H24IN3OS. The van der Waals surface area contributed by atoms with E-state index < -0.39 is 0 Å². The molecule has 2 saturated heterocycles. The van der Waals surface area contributed by atoms with Gasteiger partial charge in [0.15, 0.2) is 5.96 Å². The Morgan fingerprint density at radius 3 is 2.83 bits per heavy atom. The van der Waals surface area contributed by atoms with Crippen molar-refractivity contribution in [3.8, 4) is 0 Å². The molecule has 2 rings (SSSR count). The third kappa shape index (κ3) is 5.13. The molecule has 0 radical (unpaired) electrons. The van der Waals surface area contributed by atoms with Crippen LogP contribution in [0, 0.1) is 5.92 Å². The number of morpholine rings is 1. The van der Waals surface area contributed by atoms with Crippen LogP contribution in [0.2, 0.25) is 0 Å². The fraction of sp³-hybridized carbons (Fsp3) is 0.917. The van der Waals surface area contributed by atoms with E-state index in [1.807, 2.05) is 0 Å². The first-order valence-electron chi connectivity index (χ1n) is 6.50. The van der Waals surface area contributed by atoms with E-state index >= 15 is 0 Å². The zero-order valence-electron chi connectivity index (χ0n) is 11.0. The Hall–Kier alpha value is 0.310. The van der Waals surface area contributed by atoms with Crippen molar-refractivity contribution in [2.24, 2.45) is 16.6 Å². The van der Waals surface area contributed by atoms with Gasteiger partial charge in [-0.05, 0) is 37.2 Å². The molecule has 0 aromatic rings. The Morgan fingerprint density at radius 1 is 1.44 bits per heavy atom. The van der Waals surface area contributed by atoms with E-state index in [0.29, 0.717) is 5.96 Å². The van der Waals surface area contributed by atoms with E-state index in [-0.39, 0.29) is 30.1 Å². The molecule has 0 saturated carbocycles. The van der Waals surface area contributed by atoms with Gasteiger partial charge in [0.1, 0.15) is 0 Å². The van der Waals surface area contributed by atoms with Gasteiger partial charge < -0.3 is 15.4 Å². The lowest BCUT2D eigenvalue weighted by molar-refractivity contribution is 0.00527. The minimum absolute atomic E-state index is 0. The number of thioether (sulfide) groups is 1. The van der Waals surface area contributed by atoms with E-state index in [2.05, 4.69) is 28.6 Å². The highest BCUT2D eigenvalue weighted by Crippen LogP contribution is 2.22. The maximum atomic E-state index is 6.04. The molecule has 4 nitrogen and oxygen atoms in total. The first kappa shape index (κ1) is 16.4. The molecule has 1 atom stereocenters. The van der Waals surface area contributed by atoms with Crippen LogP contribution in [0.3, 0.4) is 0 Å². The molecule has 2 N–H and O–H groups in total. The molecule has 0 aromatic carbocycles. The van der Waals surface area contributed by atoms with Crippen LogP contribution >= 0.6 is 35.7 Å². The lowest BCUT2D eigenvalue weighted by Crippen LogP contribution is -2.48. The van der Waals surface area contributed by atoms with E-state index in [4.69, 9.17) is 10.5 Å². The standard InChI is InChI=1S/C12H23N3OS.HI/c1-10-9-15(4-5-16-10)12(13)14-8-11-2-6-17-7-3-11;/h10-11H,2-9H2,1H3,(H2,13,14);1H. The van der Waals surface area contributed by atoms with Gasteiger partial charge in [0.05, 0.1) is 12.7 Å². The minimum Gasteiger partial charge on any atom is -0.375 e. The molecule has 6 heteroatoms. The molecule has 18 heavy (non-hydrogen) atoms. The number of hydrogen-bond donors (Lipinski definition) is 1. The number of nitrogens with two attached hydrogens (primary N) is 1. The second-order valence-electron chi connectivity index (χ2n) is 4.88. The highest BCUT2D eigenvalue weighted by atomic mass is 127. The summed E-state index contributed by atoms with van der Waals surface area (Å²) < 4.78 is 5.50. The number of hydrogen-bond acceptors (Lipinski definition) is 3. The fourth-order valence-corrected chi connectivity index (χ4v) is 3.48. The molecule has 0 bridgehead atoms. The Labute approximate surface area is 131 Å². The highest BCUT2D eigenvalue weighted by Gasteiger charge is 2.19. The highest BCUT2D eigenvalue weighted by molar-refractivity contribution is 14.0. The maximum Gasteiger partial charge on any atom is 0.191 e. The van der Waals surface area contributed by atoms with Crippen LogP contribution in [0.4, 0.5) is 0 Å². The number of aliphatic imine (C=N–C) groups is 1. The predicted molar refractivity (Wildman–Crippen MR) is 88.9 cm³/mol. The van der Waals surface area contributed by atoms with Gasteiger partial charge in [-0.3, -0.25) is 4.99 Å². The van der Waals surface area contributed by atoms with E-state index in [9.17, 15) is 0 Å². The zero-order valence-corrected chi connectivity index (χ0v) is 14.2. The summed E-state index contributed by atoms with van der Waals surface area (Å²) in [5.41, 5.74) is 6.04. The topological polar surface area (TPSA) is 50.8 Å². The first-order valence-corrected chi connectivity index (χ1v) is 7.65. The van der Waals surface area contributed by atoms with Crippen molar-refractivity contribution in [1.82, 2.24) is 4.90 Å². The lowest BCUT2D eigenvalue weighted by Gasteiger charge is -2.32. The monoisotopic (exact) mass is 385 g/mol. The molecule has 0 spiro atoms. The van der Waals surface area contributed by atoms with Crippen molar-refractivity contribution in [3.05, 3.63) is 0 Å². The van der Waals surface area contributed by atoms with Crippen molar-refractivity contribution >= 4 is 41.7 Å². The Balaban J connectivity index is 0.00000162. The second kappa shape index (κ2) is 8.47. The Kier molecular flexibility index (Phi) is 7.70. The van der Waals surface area contributed by atoms with Crippen LogP contribution < -0.4 is 5.73 Å². The first-order chi connectivity index (χ1) is 8.25. The van der Waals surface area contributed by atoms with Gasteiger partial charge >= 0.3 is 0 Å². The number of rotatable bonds is 2. The molecule has 0 amide bonds. The summed E-state index contributed by atoms with van der Waals surface area (Å²) in [5.74, 6) is 4.02. The Morgan fingerprint density at radius 2 is 2.17 bits per heavy atom. The van der Waals surface area contributed by atoms with Crippen LogP contribution in [-0.2, 0) is 4.74 Å². The second-order valence-corrected chi connectivity index (χ2v) is 6.11. The molecule has 2 heterocycles. The van der Waals surface area contributed by atoms with Gasteiger partial charge in [-0.15, -0.1) is 24.0 Å². The third-order valence-electron chi connectivity index (χ3n) is 3.42. The summed E-state index contributed by atoms with van der Waals surface area (Å²) >= 11 is 2.05. The molecule has 2 aliphatic rings. The molecule has 0 aliphatic carbocycles. The van der Waals surface area contributed by atoms with E-state index in [1.165, 1.54) is 24.3 Å². The summed E-state index contributed by atoms with van der Waals surface area (Å²) in [5, 5.41) is 0. The van der Waals surface area contributed by atoms with Gasteiger partial charge in [0, 0.05) is 19.6 Å². The molecule has 1 unspecified atom stereocenters. The van der Waals surface area contributed by atoms with Crippen LogP contribution in [0.25, 0.3) is 0 Å². The van der Waals surface area contributed by atoms with Crippen molar-refractivity contribution in [3.63, 3.8) is 0 Å². The Bertz CT molecular complexity index is 272. The maximum absolute atomic E-state index is 6.04. The lowest BCUT2D eigenvalue weighted by atomic mass is 10.0. The van der Waals surface area contributed by atoms with Gasteiger partial charge in [-0.25, -0.2) is 0 Å². The number of nitrogens with zero attached hydrogens (tertiary/aromatic N) is 2. The van der Waals surface area contributed by atoms with E-state index in [1.54, 1.807) is 0 Å². The average molecular weight is 385 g/mol. The quantitative estimate of drug-likeness (QED) is 0.447. The van der Waals surface area contributed by atoms with Gasteiger partial charge in [0.25, 0.3) is 0 Å². The van der Waals surface area contributed by atoms with Crippen LogP contribution in [0.15, 0.2) is 4.99 Å². The van der Waals surface area contributed by atoms with Crippen molar-refractivity contribution in [2.75, 3.05) is 37.7 Å². The van der Waals surface area contributed by atoms with Gasteiger partial charge in [-0.2, -0.15) is 11.8 Å². The predicted octanol–water partition coefficient (Wildman–Crippen LogP) is 1.78. The summed E-state index contributed by atoms with van der Waals surface area (Å²) in [6.45, 7) is 5.49. The largest absolute Gasteiger partial charge is 0.375 e. The zero-order chi connectivity index (χ0) is 12.1. The molecule has 2 aliphatic heterocycles. The number of ether oxygens (including phenoxy) is 1. The summed E-state index contributed by atoms with van der Waals surface area (Å²) in [6.07, 6.45) is 2.85. The van der Waals surface area contributed by atoms with Gasteiger partial charge in [0.2, 0.25) is 0 Å². The number of halogens is 1. The van der Waals surface area contributed by atoms with Crippen LogP contribution in [0.1, 0.15) is 19.8 Å². The summed E-state index contributed by atoms with van der Waals surface area (Å²) in [6, 6.07) is 0. The van der Waals surface area contributed by atoms with Crippen molar-refractivity contribution in [1.29, 1.82) is 0 Å². The average Bonchev–Trinajstić information content (AvgIpc) is 2.37. The summed E-state index contributed by atoms with van der Waals surface area (Å²) in [7, 11) is 0. The molecule has 106 valence electrons. The molecular weight excluding hydrogens is 361 g/mol. The number of guanidine groups is 1. The normalized spacial score (nSPS) is 26.8. The molecule has 0 aromatic heterocycles. The third-order valence-corrected chi connectivity index (χ3v) is 4.47. The van der Waals surface area contributed by atoms with Crippen molar-refractivity contribution in [2.45, 2.75) is 25.9 Å². The van der Waals surface area contributed by atoms with Crippen LogP contribution in [-0.4, -0.2) is 54.7 Å². The van der Waals surface area contributed by atoms with Crippen molar-refractivity contribution < 1.29 is 4.74 Å². The summed E-state index contributed by atoms with van der Waals surface area (Å²) in [4.78, 5) is 6.71. The SMILES string of the molecule is CC1CN(C(N)=NCC2CCSCC2)CCO1.I. The fourth-order valence-electron chi connectivity index (χ4n) is 2.28. The molecule has 2 fully saturated rings. The minimum atomic E-state index is 0. The smallest absolute Gasteiger partial charge is 0.191 e. The van der Waals surface area contributed by atoms with Gasteiger partial charge in [-0.1, -0.05) is 0 Å².